The number of carboxylic acid groups (broad SMARTS) is 1. The molecule has 3 heterocycles. The predicted molar refractivity (Wildman–Crippen MR) is 114 cm³/mol. The van der Waals surface area contributed by atoms with Gasteiger partial charge in [-0.2, -0.15) is 23.3 Å². The molecule has 12 heteroatoms. The maximum Gasteiger partial charge on any atom is 0.435 e. The Balaban J connectivity index is 1.82. The van der Waals surface area contributed by atoms with E-state index in [0.29, 0.717) is 11.3 Å². The normalized spacial score (nSPS) is 11.3. The molecule has 0 unspecified atom stereocenters. The van der Waals surface area contributed by atoms with Crippen LogP contribution in [0.25, 0.3) is 16.9 Å². The standard InChI is InChI=1S/C22H15F3N6O3/c1-12(32)13-3-2-4-16(8-13)28-21-27-11-17(14-7-15(20(33)34)10-26-9-14)19(29-21)31-6-5-18(30-31)22(23,24)25/h2-11H,1H3,(H,33,34)(H,27,28,29). The van der Waals surface area contributed by atoms with E-state index < -0.39 is 17.8 Å². The summed E-state index contributed by atoms with van der Waals surface area (Å²) in [6.45, 7) is 1.41. The van der Waals surface area contributed by atoms with Crippen molar-refractivity contribution >= 4 is 23.4 Å². The lowest BCUT2D eigenvalue weighted by molar-refractivity contribution is -0.141. The first kappa shape index (κ1) is 22.6. The summed E-state index contributed by atoms with van der Waals surface area (Å²) < 4.78 is 40.3. The zero-order chi connectivity index (χ0) is 24.5. The van der Waals surface area contributed by atoms with Gasteiger partial charge in [0.25, 0.3) is 0 Å². The third-order valence-corrected chi connectivity index (χ3v) is 4.69. The topological polar surface area (TPSA) is 123 Å². The zero-order valence-electron chi connectivity index (χ0n) is 17.4. The van der Waals surface area contributed by atoms with Crippen LogP contribution >= 0.6 is 0 Å². The summed E-state index contributed by atoms with van der Waals surface area (Å²) >= 11 is 0. The summed E-state index contributed by atoms with van der Waals surface area (Å²) in [7, 11) is 0. The number of hydrogen-bond donors (Lipinski definition) is 2. The molecule has 2 N–H and O–H groups in total. The molecule has 3 aromatic heterocycles. The van der Waals surface area contributed by atoms with Gasteiger partial charge in [-0.1, -0.05) is 12.1 Å². The molecular formula is C22H15F3N6O3. The summed E-state index contributed by atoms with van der Waals surface area (Å²) in [4.78, 5) is 35.4. The molecule has 172 valence electrons. The maximum atomic E-state index is 13.1. The highest BCUT2D eigenvalue weighted by Gasteiger charge is 2.34. The van der Waals surface area contributed by atoms with Crippen molar-refractivity contribution in [2.24, 2.45) is 0 Å². The SMILES string of the molecule is CC(=O)c1cccc(Nc2ncc(-c3cncc(C(=O)O)c3)c(-n3ccc(C(F)(F)F)n3)n2)c1. The van der Waals surface area contributed by atoms with Gasteiger partial charge in [-0.05, 0) is 31.2 Å². The lowest BCUT2D eigenvalue weighted by atomic mass is 10.1. The van der Waals surface area contributed by atoms with Crippen molar-refractivity contribution in [2.75, 3.05) is 5.32 Å². The molecule has 4 rings (SSSR count). The molecular weight excluding hydrogens is 453 g/mol. The number of nitrogens with one attached hydrogen (secondary N) is 1. The van der Waals surface area contributed by atoms with Crippen LogP contribution in [-0.2, 0) is 6.18 Å². The smallest absolute Gasteiger partial charge is 0.435 e. The minimum absolute atomic E-state index is 0.0193. The number of carbonyl (C=O) groups is 2. The van der Waals surface area contributed by atoms with Gasteiger partial charge in [-0.3, -0.25) is 9.78 Å². The number of aromatic carboxylic acids is 1. The fourth-order valence-electron chi connectivity index (χ4n) is 3.05. The van der Waals surface area contributed by atoms with E-state index in [-0.39, 0.29) is 34.2 Å². The Kier molecular flexibility index (Phi) is 5.80. The number of halogens is 3. The largest absolute Gasteiger partial charge is 0.478 e. The number of Topliss-reactive ketones (excluding diaryl/α,β-unsaturated/α-hetero) is 1. The van der Waals surface area contributed by atoms with E-state index in [1.807, 2.05) is 0 Å². The Morgan fingerprint density at radius 1 is 1.06 bits per heavy atom. The van der Waals surface area contributed by atoms with Crippen LogP contribution in [0.4, 0.5) is 24.8 Å². The molecule has 0 fully saturated rings. The second-order valence-electron chi connectivity index (χ2n) is 7.10. The minimum Gasteiger partial charge on any atom is -0.478 e. The molecule has 0 aliphatic carbocycles. The van der Waals surface area contributed by atoms with Crippen LogP contribution in [-0.4, -0.2) is 41.6 Å². The van der Waals surface area contributed by atoms with Crippen LogP contribution < -0.4 is 5.32 Å². The van der Waals surface area contributed by atoms with Crippen molar-refractivity contribution in [3.05, 3.63) is 78.0 Å². The number of alkyl halides is 3. The quantitative estimate of drug-likeness (QED) is 0.400. The van der Waals surface area contributed by atoms with Gasteiger partial charge in [0.05, 0.1) is 5.56 Å². The van der Waals surface area contributed by atoms with Crippen molar-refractivity contribution in [1.29, 1.82) is 0 Å². The number of hydrogen-bond acceptors (Lipinski definition) is 7. The van der Waals surface area contributed by atoms with Crippen molar-refractivity contribution in [3.63, 3.8) is 0 Å². The Morgan fingerprint density at radius 2 is 1.85 bits per heavy atom. The number of nitrogens with zero attached hydrogens (tertiary/aromatic N) is 5. The van der Waals surface area contributed by atoms with E-state index >= 15 is 0 Å². The van der Waals surface area contributed by atoms with Crippen LogP contribution in [0.5, 0.6) is 0 Å². The van der Waals surface area contributed by atoms with Crippen molar-refractivity contribution < 1.29 is 27.9 Å². The molecule has 0 aliphatic heterocycles. The Labute approximate surface area is 189 Å². The predicted octanol–water partition coefficient (Wildman–Crippen LogP) is 4.39. The molecule has 9 nitrogen and oxygen atoms in total. The van der Waals surface area contributed by atoms with Gasteiger partial charge in [-0.15, -0.1) is 0 Å². The average Bonchev–Trinajstić information content (AvgIpc) is 3.30. The molecule has 0 atom stereocenters. The van der Waals surface area contributed by atoms with Gasteiger partial charge in [0, 0.05) is 47.2 Å². The van der Waals surface area contributed by atoms with Gasteiger partial charge in [0.15, 0.2) is 17.3 Å². The third-order valence-electron chi connectivity index (χ3n) is 4.69. The first-order chi connectivity index (χ1) is 16.1. The van der Waals surface area contributed by atoms with E-state index in [0.717, 1.165) is 23.1 Å². The van der Waals surface area contributed by atoms with Gasteiger partial charge in [-0.25, -0.2) is 14.5 Å². The highest BCUT2D eigenvalue weighted by atomic mass is 19.4. The zero-order valence-corrected chi connectivity index (χ0v) is 17.4. The summed E-state index contributed by atoms with van der Waals surface area (Å²) in [5, 5.41) is 15.7. The molecule has 0 spiro atoms. The van der Waals surface area contributed by atoms with Crippen molar-refractivity contribution in [1.82, 2.24) is 24.7 Å². The Hall–Kier alpha value is -4.61. The van der Waals surface area contributed by atoms with Crippen LogP contribution in [0.2, 0.25) is 0 Å². The number of anilines is 2. The molecule has 0 saturated carbocycles. The van der Waals surface area contributed by atoms with E-state index in [4.69, 9.17) is 0 Å². The molecule has 34 heavy (non-hydrogen) atoms. The van der Waals surface area contributed by atoms with Crippen molar-refractivity contribution in [3.8, 4) is 16.9 Å². The number of benzene rings is 1. The summed E-state index contributed by atoms with van der Waals surface area (Å²) in [6, 6.07) is 8.62. The monoisotopic (exact) mass is 468 g/mol. The average molecular weight is 468 g/mol. The van der Waals surface area contributed by atoms with Gasteiger partial charge in [0.1, 0.15) is 0 Å². The molecule has 0 aliphatic rings. The molecule has 0 saturated heterocycles. The maximum absolute atomic E-state index is 13.1. The summed E-state index contributed by atoms with van der Waals surface area (Å²) in [5.74, 6) is -1.40. The number of aromatic nitrogens is 5. The van der Waals surface area contributed by atoms with Gasteiger partial charge < -0.3 is 10.4 Å². The third kappa shape index (κ3) is 4.75. The summed E-state index contributed by atoms with van der Waals surface area (Å²) in [6.07, 6.45) is 0.212. The Bertz CT molecular complexity index is 1400. The molecule has 1 aromatic carbocycles. The van der Waals surface area contributed by atoms with E-state index in [1.165, 1.54) is 25.4 Å². The van der Waals surface area contributed by atoms with E-state index in [2.05, 4.69) is 25.4 Å². The number of carbonyl (C=O) groups excluding carboxylic acids is 1. The number of pyridine rings is 1. The van der Waals surface area contributed by atoms with Gasteiger partial charge in [0.2, 0.25) is 5.95 Å². The molecule has 0 amide bonds. The minimum atomic E-state index is -4.67. The second kappa shape index (κ2) is 8.73. The van der Waals surface area contributed by atoms with Crippen LogP contribution in [0.1, 0.15) is 33.3 Å². The first-order valence-corrected chi connectivity index (χ1v) is 9.69. The van der Waals surface area contributed by atoms with Crippen molar-refractivity contribution in [2.45, 2.75) is 13.1 Å². The lowest BCUT2D eigenvalue weighted by Crippen LogP contribution is -2.10. The Morgan fingerprint density at radius 3 is 2.53 bits per heavy atom. The number of rotatable bonds is 6. The highest BCUT2D eigenvalue weighted by molar-refractivity contribution is 5.95. The molecule has 0 bridgehead atoms. The molecule has 0 radical (unpaired) electrons. The first-order valence-electron chi connectivity index (χ1n) is 9.69. The number of carboxylic acids is 1. The van der Waals surface area contributed by atoms with E-state index in [1.54, 1.807) is 24.3 Å². The molecule has 4 aromatic rings. The van der Waals surface area contributed by atoms with Gasteiger partial charge >= 0.3 is 12.1 Å². The fraction of sp³-hybridized carbons (Fsp3) is 0.0909. The van der Waals surface area contributed by atoms with E-state index in [9.17, 15) is 27.9 Å². The summed E-state index contributed by atoms with van der Waals surface area (Å²) in [5.41, 5.74) is 0.151. The second-order valence-corrected chi connectivity index (χ2v) is 7.10. The number of ketones is 1. The fourth-order valence-corrected chi connectivity index (χ4v) is 3.05. The van der Waals surface area contributed by atoms with Crippen LogP contribution in [0.3, 0.4) is 0 Å². The lowest BCUT2D eigenvalue weighted by Gasteiger charge is -2.12. The highest BCUT2D eigenvalue weighted by Crippen LogP contribution is 2.30. The van der Waals surface area contributed by atoms with Crippen LogP contribution in [0.15, 0.2) is 61.2 Å². The van der Waals surface area contributed by atoms with Crippen LogP contribution in [0, 0.1) is 0 Å².